The molecule has 0 saturated carbocycles. The zero-order valence-corrected chi connectivity index (χ0v) is 12.0. The van der Waals surface area contributed by atoms with Gasteiger partial charge in [0, 0.05) is 24.8 Å². The molecule has 0 aromatic heterocycles. The summed E-state index contributed by atoms with van der Waals surface area (Å²) < 4.78 is 0. The fraction of sp³-hybridized carbons (Fsp3) is 0.429. The van der Waals surface area contributed by atoms with Gasteiger partial charge in [0.05, 0.1) is 17.1 Å². The lowest BCUT2D eigenvalue weighted by Crippen LogP contribution is -2.33. The largest absolute Gasteiger partial charge is 0.326 e. The Bertz CT molecular complexity index is 545. The van der Waals surface area contributed by atoms with Crippen molar-refractivity contribution in [2.24, 2.45) is 11.7 Å². The molecule has 1 aliphatic rings. The monoisotopic (exact) mass is 292 g/mol. The number of nitrogens with one attached hydrogen (secondary N) is 1. The Hall–Kier alpha value is -1.61. The summed E-state index contributed by atoms with van der Waals surface area (Å²) in [6, 6.07) is 6.95. The first-order valence-electron chi connectivity index (χ1n) is 6.47. The SMILES string of the molecule is CC1CN(CC(=O)Nc2ccc(C#N)c(Cl)c2)CC1N. The van der Waals surface area contributed by atoms with Crippen LogP contribution in [0, 0.1) is 17.2 Å². The molecule has 1 aliphatic heterocycles. The second kappa shape index (κ2) is 6.23. The van der Waals surface area contributed by atoms with Gasteiger partial charge in [-0.1, -0.05) is 18.5 Å². The minimum Gasteiger partial charge on any atom is -0.326 e. The van der Waals surface area contributed by atoms with Gasteiger partial charge in [0.1, 0.15) is 6.07 Å². The van der Waals surface area contributed by atoms with Crippen LogP contribution in [0.5, 0.6) is 0 Å². The maximum atomic E-state index is 11.9. The highest BCUT2D eigenvalue weighted by molar-refractivity contribution is 6.32. The van der Waals surface area contributed by atoms with Crippen molar-refractivity contribution in [1.29, 1.82) is 5.26 Å². The molecule has 20 heavy (non-hydrogen) atoms. The topological polar surface area (TPSA) is 82.2 Å². The van der Waals surface area contributed by atoms with E-state index in [9.17, 15) is 4.79 Å². The van der Waals surface area contributed by atoms with Crippen LogP contribution in [0.15, 0.2) is 18.2 Å². The molecule has 5 nitrogen and oxygen atoms in total. The van der Waals surface area contributed by atoms with E-state index in [1.165, 1.54) is 0 Å². The first kappa shape index (κ1) is 14.8. The van der Waals surface area contributed by atoms with Gasteiger partial charge in [-0.15, -0.1) is 0 Å². The second-order valence-electron chi connectivity index (χ2n) is 5.19. The quantitative estimate of drug-likeness (QED) is 0.883. The van der Waals surface area contributed by atoms with Crippen molar-refractivity contribution in [3.63, 3.8) is 0 Å². The van der Waals surface area contributed by atoms with Crippen molar-refractivity contribution in [2.75, 3.05) is 25.0 Å². The Morgan fingerprint density at radius 3 is 2.90 bits per heavy atom. The van der Waals surface area contributed by atoms with Crippen LogP contribution in [0.25, 0.3) is 0 Å². The van der Waals surface area contributed by atoms with Gasteiger partial charge >= 0.3 is 0 Å². The number of amides is 1. The number of nitriles is 1. The van der Waals surface area contributed by atoms with E-state index in [-0.39, 0.29) is 11.9 Å². The van der Waals surface area contributed by atoms with E-state index in [0.717, 1.165) is 13.1 Å². The molecule has 2 unspecified atom stereocenters. The molecule has 0 spiro atoms. The lowest BCUT2D eigenvalue weighted by Gasteiger charge is -2.15. The molecule has 1 fully saturated rings. The van der Waals surface area contributed by atoms with Gasteiger partial charge in [0.2, 0.25) is 5.91 Å². The van der Waals surface area contributed by atoms with Gasteiger partial charge < -0.3 is 11.1 Å². The smallest absolute Gasteiger partial charge is 0.238 e. The number of halogens is 1. The van der Waals surface area contributed by atoms with Gasteiger partial charge in [-0.2, -0.15) is 5.26 Å². The highest BCUT2D eigenvalue weighted by Gasteiger charge is 2.27. The van der Waals surface area contributed by atoms with Gasteiger partial charge in [0.25, 0.3) is 0 Å². The zero-order valence-electron chi connectivity index (χ0n) is 11.3. The van der Waals surface area contributed by atoms with Crippen molar-refractivity contribution >= 4 is 23.2 Å². The summed E-state index contributed by atoms with van der Waals surface area (Å²) in [5.41, 5.74) is 6.91. The maximum Gasteiger partial charge on any atom is 0.238 e. The maximum absolute atomic E-state index is 11.9. The molecule has 0 bridgehead atoms. The zero-order chi connectivity index (χ0) is 14.7. The number of nitrogens with zero attached hydrogens (tertiary/aromatic N) is 2. The Morgan fingerprint density at radius 2 is 2.35 bits per heavy atom. The molecule has 0 radical (unpaired) electrons. The van der Waals surface area contributed by atoms with E-state index in [4.69, 9.17) is 22.6 Å². The predicted molar refractivity (Wildman–Crippen MR) is 78.4 cm³/mol. The Kier molecular flexibility index (Phi) is 4.61. The number of hydrogen-bond acceptors (Lipinski definition) is 4. The van der Waals surface area contributed by atoms with E-state index in [1.54, 1.807) is 18.2 Å². The van der Waals surface area contributed by atoms with Gasteiger partial charge in [-0.3, -0.25) is 9.69 Å². The van der Waals surface area contributed by atoms with E-state index in [2.05, 4.69) is 12.2 Å². The van der Waals surface area contributed by atoms with Gasteiger partial charge in [-0.25, -0.2) is 0 Å². The minimum atomic E-state index is -0.105. The van der Waals surface area contributed by atoms with Crippen molar-refractivity contribution in [3.05, 3.63) is 28.8 Å². The van der Waals surface area contributed by atoms with Crippen molar-refractivity contribution in [3.8, 4) is 6.07 Å². The predicted octanol–water partition coefficient (Wildman–Crippen LogP) is 1.43. The summed E-state index contributed by atoms with van der Waals surface area (Å²) in [4.78, 5) is 14.0. The number of likely N-dealkylation sites (tertiary alicyclic amines) is 1. The van der Waals surface area contributed by atoms with Crippen LogP contribution in [0.4, 0.5) is 5.69 Å². The third-order valence-corrected chi connectivity index (χ3v) is 3.80. The Balaban J connectivity index is 1.92. The van der Waals surface area contributed by atoms with Gasteiger partial charge in [-0.05, 0) is 24.1 Å². The van der Waals surface area contributed by atoms with Crippen molar-refractivity contribution in [1.82, 2.24) is 4.90 Å². The van der Waals surface area contributed by atoms with Crippen LogP contribution in [0.3, 0.4) is 0 Å². The fourth-order valence-corrected chi connectivity index (χ4v) is 2.53. The normalized spacial score (nSPS) is 22.5. The Morgan fingerprint density at radius 1 is 1.60 bits per heavy atom. The van der Waals surface area contributed by atoms with E-state index in [1.807, 2.05) is 11.0 Å². The number of benzene rings is 1. The summed E-state index contributed by atoms with van der Waals surface area (Å²) in [5, 5.41) is 11.9. The van der Waals surface area contributed by atoms with E-state index >= 15 is 0 Å². The van der Waals surface area contributed by atoms with Crippen LogP contribution in [0.1, 0.15) is 12.5 Å². The molecule has 1 aromatic carbocycles. The molecule has 2 rings (SSSR count). The number of carbonyl (C=O) groups is 1. The van der Waals surface area contributed by atoms with E-state index < -0.39 is 0 Å². The van der Waals surface area contributed by atoms with Crippen molar-refractivity contribution in [2.45, 2.75) is 13.0 Å². The highest BCUT2D eigenvalue weighted by atomic mass is 35.5. The van der Waals surface area contributed by atoms with Crippen LogP contribution in [0.2, 0.25) is 5.02 Å². The fourth-order valence-electron chi connectivity index (χ4n) is 2.31. The Labute approximate surface area is 123 Å². The van der Waals surface area contributed by atoms with Crippen LogP contribution in [-0.4, -0.2) is 36.5 Å². The molecule has 3 N–H and O–H groups in total. The van der Waals surface area contributed by atoms with Crippen molar-refractivity contribution < 1.29 is 4.79 Å². The lowest BCUT2D eigenvalue weighted by atomic mass is 10.1. The molecular formula is C14H17ClN4O. The molecule has 0 aliphatic carbocycles. The molecule has 1 aromatic rings. The lowest BCUT2D eigenvalue weighted by molar-refractivity contribution is -0.117. The van der Waals surface area contributed by atoms with Crippen LogP contribution < -0.4 is 11.1 Å². The summed E-state index contributed by atoms with van der Waals surface area (Å²) in [5.74, 6) is 0.305. The molecule has 1 saturated heterocycles. The van der Waals surface area contributed by atoms with Gasteiger partial charge in [0.15, 0.2) is 0 Å². The molecule has 1 amide bonds. The third-order valence-electron chi connectivity index (χ3n) is 3.49. The molecule has 2 atom stereocenters. The average Bonchev–Trinajstić information content (AvgIpc) is 2.68. The van der Waals surface area contributed by atoms with Crippen LogP contribution in [-0.2, 0) is 4.79 Å². The number of rotatable bonds is 3. The molecular weight excluding hydrogens is 276 g/mol. The number of anilines is 1. The highest BCUT2D eigenvalue weighted by Crippen LogP contribution is 2.20. The molecule has 106 valence electrons. The van der Waals surface area contributed by atoms with E-state index in [0.29, 0.717) is 28.7 Å². The number of nitrogens with two attached hydrogens (primary N) is 1. The summed E-state index contributed by atoms with van der Waals surface area (Å²) in [6.07, 6.45) is 0. The standard InChI is InChI=1S/C14H17ClN4O/c1-9-6-19(7-13(9)17)8-14(20)18-11-3-2-10(5-16)12(15)4-11/h2-4,9,13H,6-8,17H2,1H3,(H,18,20). The molecule has 6 heteroatoms. The minimum absolute atomic E-state index is 0.105. The third kappa shape index (κ3) is 3.48. The van der Waals surface area contributed by atoms with Crippen LogP contribution >= 0.6 is 11.6 Å². The first-order valence-corrected chi connectivity index (χ1v) is 6.85. The molecule has 1 heterocycles. The number of hydrogen-bond donors (Lipinski definition) is 2. The average molecular weight is 293 g/mol. The number of carbonyl (C=O) groups excluding carboxylic acids is 1. The summed E-state index contributed by atoms with van der Waals surface area (Å²) in [6.45, 7) is 3.98. The second-order valence-corrected chi connectivity index (χ2v) is 5.60. The summed E-state index contributed by atoms with van der Waals surface area (Å²) in [7, 11) is 0. The first-order chi connectivity index (χ1) is 9.49. The summed E-state index contributed by atoms with van der Waals surface area (Å²) >= 11 is 5.92.